The molecule has 0 bridgehead atoms. The Balaban J connectivity index is 1.55. The molecule has 9 heteroatoms. The van der Waals surface area contributed by atoms with E-state index in [4.69, 9.17) is 0 Å². The number of alkyl halides is 3. The molecular formula is C18H18F3N5O. The van der Waals surface area contributed by atoms with E-state index in [0.29, 0.717) is 17.2 Å². The minimum absolute atomic E-state index is 0.0360. The van der Waals surface area contributed by atoms with Crippen LogP contribution in [0.4, 0.5) is 30.6 Å². The molecule has 0 unspecified atom stereocenters. The Morgan fingerprint density at radius 1 is 1.07 bits per heavy atom. The number of aliphatic hydroxyl groups excluding tert-OH is 1. The van der Waals surface area contributed by atoms with Gasteiger partial charge < -0.3 is 15.7 Å². The van der Waals surface area contributed by atoms with E-state index in [2.05, 4.69) is 20.7 Å². The number of nitrogens with one attached hydrogen (secondary N) is 2. The lowest BCUT2D eigenvalue weighted by molar-refractivity contribution is -0.137. The number of pyridine rings is 1. The number of aliphatic hydroxyl groups is 1. The van der Waals surface area contributed by atoms with Gasteiger partial charge in [0, 0.05) is 5.69 Å². The zero-order valence-electron chi connectivity index (χ0n) is 14.2. The highest BCUT2D eigenvalue weighted by Gasteiger charge is 2.30. The quantitative estimate of drug-likeness (QED) is 0.645. The molecule has 1 saturated carbocycles. The van der Waals surface area contributed by atoms with Gasteiger partial charge in [0.1, 0.15) is 5.82 Å². The molecule has 0 amide bonds. The van der Waals surface area contributed by atoms with Crippen LogP contribution in [0.15, 0.2) is 42.5 Å². The average Bonchev–Trinajstić information content (AvgIpc) is 3.21. The van der Waals surface area contributed by atoms with Crippen LogP contribution in [0.5, 0.6) is 0 Å². The maximum atomic E-state index is 12.7. The molecule has 0 radical (unpaired) electrons. The SMILES string of the molecule is O[C@H]1CCC[C@H]1Nc1cccc2nc(Nc3ccc(C(F)(F)F)cc3)nn12. The first kappa shape index (κ1) is 17.6. The van der Waals surface area contributed by atoms with Gasteiger partial charge in [0.25, 0.3) is 0 Å². The summed E-state index contributed by atoms with van der Waals surface area (Å²) in [6, 6.07) is 10.1. The molecule has 27 heavy (non-hydrogen) atoms. The second-order valence-electron chi connectivity index (χ2n) is 6.57. The van der Waals surface area contributed by atoms with Gasteiger partial charge in [-0.3, -0.25) is 0 Å². The number of aromatic nitrogens is 3. The van der Waals surface area contributed by atoms with Crippen LogP contribution < -0.4 is 10.6 Å². The molecule has 3 N–H and O–H groups in total. The number of hydrogen-bond acceptors (Lipinski definition) is 5. The van der Waals surface area contributed by atoms with E-state index >= 15 is 0 Å². The first-order chi connectivity index (χ1) is 12.9. The van der Waals surface area contributed by atoms with Gasteiger partial charge >= 0.3 is 6.18 Å². The van der Waals surface area contributed by atoms with Crippen molar-refractivity contribution in [2.24, 2.45) is 0 Å². The number of rotatable bonds is 4. The predicted octanol–water partition coefficient (Wildman–Crippen LogP) is 3.82. The zero-order chi connectivity index (χ0) is 19.0. The smallest absolute Gasteiger partial charge is 0.391 e. The number of benzene rings is 1. The van der Waals surface area contributed by atoms with Crippen molar-refractivity contribution < 1.29 is 18.3 Å². The van der Waals surface area contributed by atoms with Crippen molar-refractivity contribution in [1.29, 1.82) is 0 Å². The number of nitrogens with zero attached hydrogens (tertiary/aromatic N) is 3. The van der Waals surface area contributed by atoms with Gasteiger partial charge in [-0.1, -0.05) is 6.07 Å². The Hall–Kier alpha value is -2.81. The van der Waals surface area contributed by atoms with Crippen LogP contribution in [0.3, 0.4) is 0 Å². The van der Waals surface area contributed by atoms with Gasteiger partial charge in [-0.15, -0.1) is 5.10 Å². The van der Waals surface area contributed by atoms with Crippen LogP contribution >= 0.6 is 0 Å². The molecule has 0 spiro atoms. The Morgan fingerprint density at radius 2 is 1.85 bits per heavy atom. The Kier molecular flexibility index (Phi) is 4.39. The van der Waals surface area contributed by atoms with E-state index in [9.17, 15) is 18.3 Å². The molecule has 3 aromatic rings. The first-order valence-corrected chi connectivity index (χ1v) is 8.65. The lowest BCUT2D eigenvalue weighted by Crippen LogP contribution is -2.28. The van der Waals surface area contributed by atoms with E-state index in [1.165, 1.54) is 12.1 Å². The standard InChI is InChI=1S/C18H18F3N5O/c19-18(20,21)11-7-9-12(10-8-11)22-17-24-16-6-2-5-15(26(16)25-17)23-13-3-1-4-14(13)27/h2,5-10,13-14,23,27H,1,3-4H2,(H,22,25)/t13-,14+/m1/s1. The fourth-order valence-electron chi connectivity index (χ4n) is 3.24. The summed E-state index contributed by atoms with van der Waals surface area (Å²) in [5.74, 6) is 0.974. The van der Waals surface area contributed by atoms with Crippen molar-refractivity contribution in [2.45, 2.75) is 37.6 Å². The predicted molar refractivity (Wildman–Crippen MR) is 95.0 cm³/mol. The molecule has 1 aromatic carbocycles. The molecular weight excluding hydrogens is 359 g/mol. The molecule has 142 valence electrons. The lowest BCUT2D eigenvalue weighted by atomic mass is 10.2. The summed E-state index contributed by atoms with van der Waals surface area (Å²) in [5, 5.41) is 20.6. The third kappa shape index (κ3) is 3.68. The van der Waals surface area contributed by atoms with Gasteiger partial charge in [-0.25, -0.2) is 0 Å². The second-order valence-corrected chi connectivity index (χ2v) is 6.57. The number of fused-ring (bicyclic) bond motifs is 1. The normalized spacial score (nSPS) is 20.1. The first-order valence-electron chi connectivity index (χ1n) is 8.65. The summed E-state index contributed by atoms with van der Waals surface area (Å²) in [7, 11) is 0. The summed E-state index contributed by atoms with van der Waals surface area (Å²) in [6.07, 6.45) is -2.15. The summed E-state index contributed by atoms with van der Waals surface area (Å²) in [6.45, 7) is 0. The molecule has 6 nitrogen and oxygen atoms in total. The Labute approximate surface area is 153 Å². The van der Waals surface area contributed by atoms with Gasteiger partial charge in [0.2, 0.25) is 5.95 Å². The molecule has 4 rings (SSSR count). The summed E-state index contributed by atoms with van der Waals surface area (Å²) in [4.78, 5) is 4.35. The number of halogens is 3. The number of anilines is 3. The van der Waals surface area contributed by atoms with Gasteiger partial charge in [0.05, 0.1) is 17.7 Å². The Morgan fingerprint density at radius 3 is 2.52 bits per heavy atom. The minimum atomic E-state index is -4.37. The Bertz CT molecular complexity index is 938. The van der Waals surface area contributed by atoms with Gasteiger partial charge in [-0.05, 0) is 55.7 Å². The van der Waals surface area contributed by atoms with Crippen LogP contribution in [0, 0.1) is 0 Å². The van der Waals surface area contributed by atoms with Crippen LogP contribution in [0.25, 0.3) is 5.65 Å². The molecule has 0 aliphatic heterocycles. The van der Waals surface area contributed by atoms with E-state index in [1.54, 1.807) is 10.6 Å². The van der Waals surface area contributed by atoms with Crippen molar-refractivity contribution in [3.8, 4) is 0 Å². The second kappa shape index (κ2) is 6.73. The van der Waals surface area contributed by atoms with Crippen molar-refractivity contribution in [1.82, 2.24) is 14.6 Å². The average molecular weight is 377 g/mol. The van der Waals surface area contributed by atoms with Crippen LogP contribution in [-0.4, -0.2) is 31.9 Å². The highest BCUT2D eigenvalue weighted by Crippen LogP contribution is 2.30. The highest BCUT2D eigenvalue weighted by molar-refractivity contribution is 5.58. The van der Waals surface area contributed by atoms with Crippen molar-refractivity contribution in [2.75, 3.05) is 10.6 Å². The lowest BCUT2D eigenvalue weighted by Gasteiger charge is -2.17. The minimum Gasteiger partial charge on any atom is -0.391 e. The number of hydrogen-bond donors (Lipinski definition) is 3. The molecule has 2 aromatic heterocycles. The van der Waals surface area contributed by atoms with E-state index in [1.807, 2.05) is 12.1 Å². The topological polar surface area (TPSA) is 74.5 Å². The molecule has 1 fully saturated rings. The molecule has 1 aliphatic rings. The van der Waals surface area contributed by atoms with E-state index in [0.717, 1.165) is 31.4 Å². The van der Waals surface area contributed by atoms with Gasteiger partial charge in [0.15, 0.2) is 5.65 Å². The van der Waals surface area contributed by atoms with Crippen molar-refractivity contribution in [3.63, 3.8) is 0 Å². The summed E-state index contributed by atoms with van der Waals surface area (Å²) >= 11 is 0. The molecule has 1 aliphatic carbocycles. The fourth-order valence-corrected chi connectivity index (χ4v) is 3.24. The van der Waals surface area contributed by atoms with Gasteiger partial charge in [-0.2, -0.15) is 22.7 Å². The molecule has 0 saturated heterocycles. The van der Waals surface area contributed by atoms with Crippen LogP contribution in [0.1, 0.15) is 24.8 Å². The zero-order valence-corrected chi connectivity index (χ0v) is 14.2. The third-order valence-corrected chi connectivity index (χ3v) is 4.64. The summed E-state index contributed by atoms with van der Waals surface area (Å²) in [5.41, 5.74) is 0.333. The largest absolute Gasteiger partial charge is 0.416 e. The third-order valence-electron chi connectivity index (χ3n) is 4.64. The van der Waals surface area contributed by atoms with Crippen molar-refractivity contribution >= 4 is 23.1 Å². The van der Waals surface area contributed by atoms with E-state index < -0.39 is 17.8 Å². The monoisotopic (exact) mass is 377 g/mol. The van der Waals surface area contributed by atoms with Crippen molar-refractivity contribution in [3.05, 3.63) is 48.0 Å². The maximum Gasteiger partial charge on any atom is 0.416 e. The van der Waals surface area contributed by atoms with Crippen LogP contribution in [-0.2, 0) is 6.18 Å². The van der Waals surface area contributed by atoms with Crippen LogP contribution in [0.2, 0.25) is 0 Å². The van der Waals surface area contributed by atoms with E-state index in [-0.39, 0.29) is 12.0 Å². The fraction of sp³-hybridized carbons (Fsp3) is 0.333. The highest BCUT2D eigenvalue weighted by atomic mass is 19.4. The molecule has 2 heterocycles. The summed E-state index contributed by atoms with van der Waals surface area (Å²) < 4.78 is 39.6. The molecule has 2 atom stereocenters. The maximum absolute atomic E-state index is 12.7.